The summed E-state index contributed by atoms with van der Waals surface area (Å²) in [4.78, 5) is 32.2. The maximum Gasteiger partial charge on any atom is 0.243 e. The lowest BCUT2D eigenvalue weighted by Gasteiger charge is -2.24. The molecule has 0 aliphatic carbocycles. The molecule has 5 nitrogen and oxygen atoms in total. The second-order valence-corrected chi connectivity index (χ2v) is 8.38. The lowest BCUT2D eigenvalue weighted by molar-refractivity contribution is -0.139. The van der Waals surface area contributed by atoms with Crippen molar-refractivity contribution in [3.05, 3.63) is 41.0 Å². The highest BCUT2D eigenvalue weighted by molar-refractivity contribution is 7.13. The summed E-state index contributed by atoms with van der Waals surface area (Å²) >= 11 is 1.63. The number of hydrogen-bond donors (Lipinski definition) is 1. The molecule has 2 amide bonds. The smallest absolute Gasteiger partial charge is 0.243 e. The normalized spacial score (nSPS) is 16.7. The Morgan fingerprint density at radius 1 is 1.30 bits per heavy atom. The molecule has 1 unspecified atom stereocenters. The first-order valence-electron chi connectivity index (χ1n) is 9.52. The number of thiazole rings is 1. The van der Waals surface area contributed by atoms with Crippen molar-refractivity contribution >= 4 is 23.2 Å². The summed E-state index contributed by atoms with van der Waals surface area (Å²) in [6, 6.07) is 7.87. The summed E-state index contributed by atoms with van der Waals surface area (Å²) in [6.07, 6.45) is 2.15. The molecule has 1 aliphatic rings. The van der Waals surface area contributed by atoms with Crippen molar-refractivity contribution in [3.63, 3.8) is 0 Å². The number of hydrogen-bond acceptors (Lipinski definition) is 4. The molecule has 27 heavy (non-hydrogen) atoms. The summed E-state index contributed by atoms with van der Waals surface area (Å²) < 4.78 is 0. The molecule has 3 rings (SSSR count). The average molecular weight is 386 g/mol. The number of amides is 2. The van der Waals surface area contributed by atoms with E-state index in [4.69, 9.17) is 0 Å². The van der Waals surface area contributed by atoms with Gasteiger partial charge in [-0.05, 0) is 36.8 Å². The van der Waals surface area contributed by atoms with Crippen LogP contribution in [0.1, 0.15) is 44.4 Å². The molecule has 144 valence electrons. The summed E-state index contributed by atoms with van der Waals surface area (Å²) in [7, 11) is 0. The quantitative estimate of drug-likeness (QED) is 0.823. The predicted molar refractivity (Wildman–Crippen MR) is 108 cm³/mol. The van der Waals surface area contributed by atoms with Crippen molar-refractivity contribution in [1.82, 2.24) is 15.2 Å². The predicted octanol–water partition coefficient (Wildman–Crippen LogP) is 3.77. The Kier molecular flexibility index (Phi) is 6.26. The van der Waals surface area contributed by atoms with Gasteiger partial charge in [0.05, 0.1) is 16.1 Å². The van der Waals surface area contributed by atoms with Crippen molar-refractivity contribution in [2.45, 2.75) is 52.6 Å². The monoisotopic (exact) mass is 385 g/mol. The second-order valence-electron chi connectivity index (χ2n) is 7.52. The van der Waals surface area contributed by atoms with E-state index in [1.807, 2.05) is 38.4 Å². The van der Waals surface area contributed by atoms with Gasteiger partial charge in [-0.3, -0.25) is 9.59 Å². The minimum Gasteiger partial charge on any atom is -0.350 e. The topological polar surface area (TPSA) is 62.3 Å². The number of benzene rings is 1. The molecule has 1 fully saturated rings. The molecule has 1 atom stereocenters. The van der Waals surface area contributed by atoms with Gasteiger partial charge in [-0.2, -0.15) is 0 Å². The van der Waals surface area contributed by atoms with Crippen LogP contribution in [0.25, 0.3) is 10.4 Å². The van der Waals surface area contributed by atoms with Crippen LogP contribution in [0.5, 0.6) is 0 Å². The number of aromatic nitrogens is 1. The SMILES string of the molecule is Cc1ncsc1-c1ccc(CNC(=O)C2CCCN2C(=O)CC(C)C)cc1. The molecule has 6 heteroatoms. The largest absolute Gasteiger partial charge is 0.350 e. The molecular weight excluding hydrogens is 358 g/mol. The van der Waals surface area contributed by atoms with E-state index in [1.54, 1.807) is 16.2 Å². The van der Waals surface area contributed by atoms with Gasteiger partial charge in [0.25, 0.3) is 0 Å². The third-order valence-corrected chi connectivity index (χ3v) is 5.86. The van der Waals surface area contributed by atoms with Crippen molar-refractivity contribution in [3.8, 4) is 10.4 Å². The van der Waals surface area contributed by atoms with Crippen LogP contribution >= 0.6 is 11.3 Å². The van der Waals surface area contributed by atoms with Crippen molar-refractivity contribution in [1.29, 1.82) is 0 Å². The highest BCUT2D eigenvalue weighted by atomic mass is 32.1. The van der Waals surface area contributed by atoms with Crippen LogP contribution in [0.15, 0.2) is 29.8 Å². The molecule has 0 saturated carbocycles. The average Bonchev–Trinajstić information content (AvgIpc) is 3.28. The van der Waals surface area contributed by atoms with Crippen LogP contribution in [-0.2, 0) is 16.1 Å². The molecule has 1 aromatic carbocycles. The van der Waals surface area contributed by atoms with Crippen LogP contribution in [0.2, 0.25) is 0 Å². The molecule has 1 aliphatic heterocycles. The standard InChI is InChI=1S/C21H27N3O2S/c1-14(2)11-19(25)24-10-4-5-18(24)21(26)22-12-16-6-8-17(9-7-16)20-15(3)23-13-27-20/h6-9,13-14,18H,4-5,10-12H2,1-3H3,(H,22,26). The van der Waals surface area contributed by atoms with Crippen LogP contribution in [0, 0.1) is 12.8 Å². The Balaban J connectivity index is 1.57. The van der Waals surface area contributed by atoms with Crippen LogP contribution in [0.4, 0.5) is 0 Å². The maximum atomic E-state index is 12.6. The number of aryl methyl sites for hydroxylation is 1. The zero-order valence-electron chi connectivity index (χ0n) is 16.2. The van der Waals surface area contributed by atoms with Gasteiger partial charge in [-0.25, -0.2) is 4.98 Å². The van der Waals surface area contributed by atoms with Crippen LogP contribution < -0.4 is 5.32 Å². The van der Waals surface area contributed by atoms with Gasteiger partial charge < -0.3 is 10.2 Å². The highest BCUT2D eigenvalue weighted by Crippen LogP contribution is 2.27. The first-order chi connectivity index (χ1) is 13.0. The number of nitrogens with zero attached hydrogens (tertiary/aromatic N) is 2. The lowest BCUT2D eigenvalue weighted by Crippen LogP contribution is -2.46. The number of nitrogens with one attached hydrogen (secondary N) is 1. The summed E-state index contributed by atoms with van der Waals surface area (Å²) in [5.74, 6) is 0.349. The van der Waals surface area contributed by atoms with Crippen molar-refractivity contribution in [2.75, 3.05) is 6.54 Å². The lowest BCUT2D eigenvalue weighted by atomic mass is 10.1. The van der Waals surface area contributed by atoms with E-state index in [9.17, 15) is 9.59 Å². The highest BCUT2D eigenvalue weighted by Gasteiger charge is 2.33. The Hall–Kier alpha value is -2.21. The van der Waals surface area contributed by atoms with Crippen molar-refractivity contribution < 1.29 is 9.59 Å². The molecule has 2 aromatic rings. The van der Waals surface area contributed by atoms with E-state index in [0.717, 1.165) is 29.7 Å². The van der Waals surface area contributed by atoms with E-state index in [-0.39, 0.29) is 17.9 Å². The van der Waals surface area contributed by atoms with Crippen LogP contribution in [0.3, 0.4) is 0 Å². The van der Waals surface area contributed by atoms with Crippen LogP contribution in [-0.4, -0.2) is 34.3 Å². The van der Waals surface area contributed by atoms with E-state index in [2.05, 4.69) is 22.4 Å². The zero-order valence-corrected chi connectivity index (χ0v) is 17.0. The number of carbonyl (C=O) groups excluding carboxylic acids is 2. The van der Waals surface area contributed by atoms with Gasteiger partial charge in [0.2, 0.25) is 11.8 Å². The third-order valence-electron chi connectivity index (χ3n) is 4.89. The van der Waals surface area contributed by atoms with Gasteiger partial charge in [0, 0.05) is 19.5 Å². The fourth-order valence-corrected chi connectivity index (χ4v) is 4.28. The maximum absolute atomic E-state index is 12.6. The van der Waals surface area contributed by atoms with Gasteiger partial charge in [0.15, 0.2) is 0 Å². The summed E-state index contributed by atoms with van der Waals surface area (Å²) in [5.41, 5.74) is 5.08. The van der Waals surface area contributed by atoms with E-state index < -0.39 is 0 Å². The molecule has 2 heterocycles. The molecule has 0 spiro atoms. The molecule has 0 radical (unpaired) electrons. The fourth-order valence-electron chi connectivity index (χ4n) is 3.46. The molecule has 1 aromatic heterocycles. The molecule has 1 saturated heterocycles. The van der Waals surface area contributed by atoms with Gasteiger partial charge >= 0.3 is 0 Å². The van der Waals surface area contributed by atoms with E-state index >= 15 is 0 Å². The molecule has 0 bridgehead atoms. The number of carbonyl (C=O) groups is 2. The minimum absolute atomic E-state index is 0.0491. The summed E-state index contributed by atoms with van der Waals surface area (Å²) in [5, 5.41) is 3.00. The minimum atomic E-state index is -0.324. The Morgan fingerprint density at radius 3 is 2.67 bits per heavy atom. The van der Waals surface area contributed by atoms with E-state index in [0.29, 0.717) is 25.4 Å². The number of rotatable bonds is 6. The second kappa shape index (κ2) is 8.65. The Bertz CT molecular complexity index is 798. The Morgan fingerprint density at radius 2 is 2.04 bits per heavy atom. The molecule has 1 N–H and O–H groups in total. The summed E-state index contributed by atoms with van der Waals surface area (Å²) in [6.45, 7) is 7.23. The van der Waals surface area contributed by atoms with E-state index in [1.165, 1.54) is 4.88 Å². The first kappa shape index (κ1) is 19.5. The fraction of sp³-hybridized carbons (Fsp3) is 0.476. The molecular formula is C21H27N3O2S. The van der Waals surface area contributed by atoms with Gasteiger partial charge in [-0.1, -0.05) is 38.1 Å². The van der Waals surface area contributed by atoms with Gasteiger partial charge in [0.1, 0.15) is 6.04 Å². The van der Waals surface area contributed by atoms with Gasteiger partial charge in [-0.15, -0.1) is 11.3 Å². The van der Waals surface area contributed by atoms with Crippen molar-refractivity contribution in [2.24, 2.45) is 5.92 Å². The first-order valence-corrected chi connectivity index (χ1v) is 10.4. The zero-order chi connectivity index (χ0) is 19.4. The number of likely N-dealkylation sites (tertiary alicyclic amines) is 1. The third kappa shape index (κ3) is 4.75. The Labute approximate surface area is 164 Å².